The second-order valence-electron chi connectivity index (χ2n) is 4.55. The number of alkyl halides is 1. The Labute approximate surface area is 102 Å². The molecule has 17 heavy (non-hydrogen) atoms. The van der Waals surface area contributed by atoms with E-state index in [0.717, 1.165) is 12.0 Å². The van der Waals surface area contributed by atoms with E-state index in [1.54, 1.807) is 0 Å². The first-order valence-corrected chi connectivity index (χ1v) is 6.17. The lowest BCUT2D eigenvalue weighted by Gasteiger charge is -2.20. The van der Waals surface area contributed by atoms with Crippen molar-refractivity contribution in [2.75, 3.05) is 0 Å². The van der Waals surface area contributed by atoms with Crippen molar-refractivity contribution in [2.24, 2.45) is 5.92 Å². The van der Waals surface area contributed by atoms with Gasteiger partial charge in [0.2, 0.25) is 6.36 Å². The van der Waals surface area contributed by atoms with Crippen LogP contribution >= 0.6 is 0 Å². The van der Waals surface area contributed by atoms with Gasteiger partial charge in [-0.2, -0.15) is 0 Å². The Bertz CT molecular complexity index is 341. The molecule has 94 valence electrons. The molecule has 0 N–H and O–H groups in total. The molecule has 1 heterocycles. The minimum absolute atomic E-state index is 0.122. The van der Waals surface area contributed by atoms with Crippen molar-refractivity contribution < 1.29 is 13.9 Å². The minimum atomic E-state index is -1.19. The zero-order chi connectivity index (χ0) is 12.3. The van der Waals surface area contributed by atoms with Crippen LogP contribution in [0.15, 0.2) is 30.3 Å². The van der Waals surface area contributed by atoms with Gasteiger partial charge >= 0.3 is 0 Å². The Morgan fingerprint density at radius 3 is 2.65 bits per heavy atom. The molecule has 0 radical (unpaired) electrons. The number of hydrogen-bond donors (Lipinski definition) is 0. The number of ether oxygens (including phenoxy) is 2. The summed E-state index contributed by atoms with van der Waals surface area (Å²) in [4.78, 5) is 0. The van der Waals surface area contributed by atoms with E-state index < -0.39 is 6.36 Å². The Kier molecular flexibility index (Phi) is 4.13. The monoisotopic (exact) mass is 238 g/mol. The van der Waals surface area contributed by atoms with Crippen molar-refractivity contribution in [2.45, 2.75) is 45.4 Å². The van der Waals surface area contributed by atoms with Crippen LogP contribution in [0.3, 0.4) is 0 Å². The van der Waals surface area contributed by atoms with E-state index in [-0.39, 0.29) is 18.1 Å². The van der Waals surface area contributed by atoms with E-state index in [2.05, 4.69) is 0 Å². The summed E-state index contributed by atoms with van der Waals surface area (Å²) >= 11 is 0. The quantitative estimate of drug-likeness (QED) is 0.801. The lowest BCUT2D eigenvalue weighted by Crippen LogP contribution is -2.28. The first-order chi connectivity index (χ1) is 8.22. The number of halogens is 1. The van der Waals surface area contributed by atoms with E-state index in [4.69, 9.17) is 9.47 Å². The molecule has 1 aromatic rings. The normalized spacial score (nSPS) is 32.9. The molecule has 1 aliphatic heterocycles. The largest absolute Gasteiger partial charge is 0.370 e. The van der Waals surface area contributed by atoms with Crippen LogP contribution in [0.4, 0.5) is 4.39 Å². The van der Waals surface area contributed by atoms with Gasteiger partial charge in [0.15, 0.2) is 0 Å². The van der Waals surface area contributed by atoms with Crippen molar-refractivity contribution in [3.63, 3.8) is 0 Å². The first-order valence-electron chi connectivity index (χ1n) is 6.17. The highest BCUT2D eigenvalue weighted by atomic mass is 19.1. The lowest BCUT2D eigenvalue weighted by atomic mass is 10.0. The van der Waals surface area contributed by atoms with Crippen molar-refractivity contribution >= 4 is 0 Å². The van der Waals surface area contributed by atoms with E-state index in [1.807, 2.05) is 44.2 Å². The van der Waals surface area contributed by atoms with E-state index in [1.165, 1.54) is 0 Å². The van der Waals surface area contributed by atoms with Gasteiger partial charge in [0.05, 0.1) is 18.8 Å². The zero-order valence-electron chi connectivity index (χ0n) is 10.3. The van der Waals surface area contributed by atoms with Crippen LogP contribution in [0.25, 0.3) is 0 Å². The van der Waals surface area contributed by atoms with Crippen molar-refractivity contribution in [1.82, 2.24) is 0 Å². The van der Waals surface area contributed by atoms with Crippen LogP contribution < -0.4 is 0 Å². The first kappa shape index (κ1) is 12.5. The highest BCUT2D eigenvalue weighted by molar-refractivity contribution is 5.13. The topological polar surface area (TPSA) is 18.5 Å². The standard InChI is InChI=1S/C14H19FO2/c1-3-12-13(10(2)14(15)17-12)16-9-11-7-5-4-6-8-11/h4-8,10,12-14H,3,9H2,1-2H3/t10?,12-,13-,14-/m1/s1. The van der Waals surface area contributed by atoms with Gasteiger partial charge < -0.3 is 9.47 Å². The second-order valence-corrected chi connectivity index (χ2v) is 4.55. The number of benzene rings is 1. The third-order valence-corrected chi connectivity index (χ3v) is 3.29. The van der Waals surface area contributed by atoms with Gasteiger partial charge in [-0.15, -0.1) is 0 Å². The van der Waals surface area contributed by atoms with Crippen molar-refractivity contribution in [3.05, 3.63) is 35.9 Å². The maximum absolute atomic E-state index is 13.4. The molecular weight excluding hydrogens is 219 g/mol. The predicted octanol–water partition coefficient (Wildman–Crippen LogP) is 3.31. The van der Waals surface area contributed by atoms with Gasteiger partial charge in [-0.05, 0) is 12.0 Å². The molecule has 0 aromatic heterocycles. The molecule has 2 nitrogen and oxygen atoms in total. The summed E-state index contributed by atoms with van der Waals surface area (Å²) in [5, 5.41) is 0. The van der Waals surface area contributed by atoms with Crippen LogP contribution in [0.5, 0.6) is 0 Å². The molecule has 1 aliphatic rings. The van der Waals surface area contributed by atoms with Gasteiger partial charge in [-0.25, -0.2) is 4.39 Å². The highest BCUT2D eigenvalue weighted by Gasteiger charge is 2.41. The molecular formula is C14H19FO2. The fourth-order valence-electron chi connectivity index (χ4n) is 2.21. The van der Waals surface area contributed by atoms with E-state index in [9.17, 15) is 4.39 Å². The molecule has 0 amide bonds. The predicted molar refractivity (Wildman–Crippen MR) is 64.2 cm³/mol. The summed E-state index contributed by atoms with van der Waals surface area (Å²) in [6.07, 6.45) is -0.677. The SMILES string of the molecule is CC[C@H]1O[C@@H](F)C(C)[C@H]1OCc1ccccc1. The van der Waals surface area contributed by atoms with Crippen molar-refractivity contribution in [1.29, 1.82) is 0 Å². The average Bonchev–Trinajstić information content (AvgIpc) is 2.64. The summed E-state index contributed by atoms with van der Waals surface area (Å²) in [5.41, 5.74) is 1.11. The van der Waals surface area contributed by atoms with E-state index in [0.29, 0.717) is 6.61 Å². The molecule has 3 heteroatoms. The number of hydrogen-bond acceptors (Lipinski definition) is 2. The maximum atomic E-state index is 13.4. The summed E-state index contributed by atoms with van der Waals surface area (Å²) in [6, 6.07) is 9.94. The third-order valence-electron chi connectivity index (χ3n) is 3.29. The zero-order valence-corrected chi connectivity index (χ0v) is 10.3. The molecule has 4 atom stereocenters. The van der Waals surface area contributed by atoms with Gasteiger partial charge in [-0.3, -0.25) is 0 Å². The Morgan fingerprint density at radius 1 is 1.29 bits per heavy atom. The molecule has 1 fully saturated rings. The smallest absolute Gasteiger partial charge is 0.204 e. The van der Waals surface area contributed by atoms with Gasteiger partial charge in [0, 0.05) is 5.92 Å². The van der Waals surface area contributed by atoms with Crippen LogP contribution in [0, 0.1) is 5.92 Å². The van der Waals surface area contributed by atoms with Gasteiger partial charge in [0.25, 0.3) is 0 Å². The molecule has 0 spiro atoms. The van der Waals surface area contributed by atoms with Gasteiger partial charge in [0.1, 0.15) is 0 Å². The third kappa shape index (κ3) is 2.85. The second kappa shape index (κ2) is 5.61. The molecule has 0 aliphatic carbocycles. The van der Waals surface area contributed by atoms with E-state index >= 15 is 0 Å². The Morgan fingerprint density at radius 2 is 2.00 bits per heavy atom. The Balaban J connectivity index is 1.93. The van der Waals surface area contributed by atoms with Crippen molar-refractivity contribution in [3.8, 4) is 0 Å². The fourth-order valence-corrected chi connectivity index (χ4v) is 2.21. The molecule has 1 aromatic carbocycles. The average molecular weight is 238 g/mol. The molecule has 0 bridgehead atoms. The number of rotatable bonds is 4. The summed E-state index contributed by atoms with van der Waals surface area (Å²) in [5.74, 6) is -0.191. The summed E-state index contributed by atoms with van der Waals surface area (Å²) in [6.45, 7) is 4.35. The van der Waals surface area contributed by atoms with Gasteiger partial charge in [-0.1, -0.05) is 44.2 Å². The molecule has 1 saturated heterocycles. The minimum Gasteiger partial charge on any atom is -0.370 e. The van der Waals surface area contributed by atoms with Crippen LogP contribution in [0.2, 0.25) is 0 Å². The summed E-state index contributed by atoms with van der Waals surface area (Å²) < 4.78 is 24.5. The lowest BCUT2D eigenvalue weighted by molar-refractivity contribution is -0.0613. The summed E-state index contributed by atoms with van der Waals surface area (Å²) in [7, 11) is 0. The highest BCUT2D eigenvalue weighted by Crippen LogP contribution is 2.32. The van der Waals surface area contributed by atoms with Crippen LogP contribution in [-0.4, -0.2) is 18.6 Å². The Hall–Kier alpha value is -0.930. The molecule has 2 rings (SSSR count). The maximum Gasteiger partial charge on any atom is 0.204 e. The molecule has 0 saturated carbocycles. The fraction of sp³-hybridized carbons (Fsp3) is 0.571. The van der Waals surface area contributed by atoms with Crippen LogP contribution in [0.1, 0.15) is 25.8 Å². The van der Waals surface area contributed by atoms with Crippen LogP contribution in [-0.2, 0) is 16.1 Å². The molecule has 1 unspecified atom stereocenters.